The molecular weight excluding hydrogens is 333 g/mol. The molecule has 1 aromatic heterocycles. The Kier molecular flexibility index (Phi) is 3.97. The van der Waals surface area contributed by atoms with E-state index in [9.17, 15) is 13.2 Å². The minimum absolute atomic E-state index is 0.264. The molecule has 2 aromatic carbocycles. The average Bonchev–Trinajstić information content (AvgIpc) is 2.48. The Balaban J connectivity index is 2.12. The summed E-state index contributed by atoms with van der Waals surface area (Å²) in [6, 6.07) is 13.5. The third-order valence-electron chi connectivity index (χ3n) is 2.85. The maximum Gasteiger partial charge on any atom is 0.451 e. The van der Waals surface area contributed by atoms with Crippen LogP contribution in [0.25, 0.3) is 10.9 Å². The molecule has 0 aliphatic heterocycles. The molecule has 0 radical (unpaired) electrons. The number of nitrogens with zero attached hydrogens (tertiary/aromatic N) is 2. The second kappa shape index (κ2) is 5.78. The summed E-state index contributed by atoms with van der Waals surface area (Å²) in [4.78, 5) is 8.03. The molecule has 3 aromatic rings. The molecule has 0 amide bonds. The quantitative estimate of drug-likeness (QED) is 0.580. The molecule has 0 bridgehead atoms. The van der Waals surface area contributed by atoms with Gasteiger partial charge < -0.3 is 0 Å². The Labute approximate surface area is 133 Å². The molecule has 0 spiro atoms. The highest BCUT2D eigenvalue weighted by Crippen LogP contribution is 2.35. The number of halogens is 4. The Bertz CT molecular complexity index is 819. The van der Waals surface area contributed by atoms with Crippen molar-refractivity contribution in [3.8, 4) is 0 Å². The largest absolute Gasteiger partial charge is 0.451 e. The van der Waals surface area contributed by atoms with Crippen molar-refractivity contribution in [2.24, 2.45) is 0 Å². The standard InChI is InChI=1S/C15H8ClF3N2S/c16-9-5-7-10(8-6-9)22-13-11-3-1-2-4-12(11)20-14(21-13)15(17,18)19/h1-8H. The zero-order valence-electron chi connectivity index (χ0n) is 10.9. The fourth-order valence-electron chi connectivity index (χ4n) is 1.87. The lowest BCUT2D eigenvalue weighted by Crippen LogP contribution is -2.11. The molecule has 0 atom stereocenters. The normalized spacial score (nSPS) is 11.8. The Morgan fingerprint density at radius 1 is 0.909 bits per heavy atom. The van der Waals surface area contributed by atoms with E-state index in [1.54, 1.807) is 42.5 Å². The smallest absolute Gasteiger partial charge is 0.224 e. The van der Waals surface area contributed by atoms with Crippen LogP contribution in [0, 0.1) is 0 Å². The number of para-hydroxylation sites is 1. The molecule has 1 heterocycles. The van der Waals surface area contributed by atoms with Crippen LogP contribution in [0.2, 0.25) is 5.02 Å². The van der Waals surface area contributed by atoms with E-state index in [4.69, 9.17) is 11.6 Å². The second-order valence-corrected chi connectivity index (χ2v) is 5.92. The predicted octanol–water partition coefficient (Wildman–Crippen LogP) is 5.45. The maximum atomic E-state index is 12.9. The first-order valence-electron chi connectivity index (χ1n) is 6.21. The van der Waals surface area contributed by atoms with Crippen molar-refractivity contribution in [1.82, 2.24) is 9.97 Å². The molecule has 3 rings (SSSR count). The summed E-state index contributed by atoms with van der Waals surface area (Å²) in [5.41, 5.74) is 0.265. The van der Waals surface area contributed by atoms with Gasteiger partial charge >= 0.3 is 6.18 Å². The summed E-state index contributed by atoms with van der Waals surface area (Å²) >= 11 is 6.96. The van der Waals surface area contributed by atoms with Gasteiger partial charge in [-0.1, -0.05) is 41.6 Å². The highest BCUT2D eigenvalue weighted by Gasteiger charge is 2.35. The number of rotatable bonds is 2. The van der Waals surface area contributed by atoms with E-state index in [0.29, 0.717) is 10.4 Å². The van der Waals surface area contributed by atoms with Crippen molar-refractivity contribution in [2.45, 2.75) is 16.1 Å². The van der Waals surface area contributed by atoms with Crippen LogP contribution in [0.4, 0.5) is 13.2 Å². The number of alkyl halides is 3. The summed E-state index contributed by atoms with van der Waals surface area (Å²) < 4.78 is 38.8. The minimum Gasteiger partial charge on any atom is -0.224 e. The summed E-state index contributed by atoms with van der Waals surface area (Å²) in [6.45, 7) is 0. The number of fused-ring (bicyclic) bond motifs is 1. The van der Waals surface area contributed by atoms with Gasteiger partial charge in [0.2, 0.25) is 5.82 Å². The van der Waals surface area contributed by atoms with E-state index >= 15 is 0 Å². The minimum atomic E-state index is -4.58. The first-order chi connectivity index (χ1) is 10.4. The molecule has 0 saturated carbocycles. The lowest BCUT2D eigenvalue weighted by molar-refractivity contribution is -0.145. The van der Waals surface area contributed by atoms with Gasteiger partial charge in [0.25, 0.3) is 0 Å². The number of hydrogen-bond donors (Lipinski definition) is 0. The van der Waals surface area contributed by atoms with Crippen molar-refractivity contribution in [3.05, 3.63) is 59.4 Å². The Morgan fingerprint density at radius 3 is 2.27 bits per heavy atom. The van der Waals surface area contributed by atoms with Crippen molar-refractivity contribution < 1.29 is 13.2 Å². The third-order valence-corrected chi connectivity index (χ3v) is 4.11. The van der Waals surface area contributed by atoms with Gasteiger partial charge in [0.1, 0.15) is 5.03 Å². The fourth-order valence-corrected chi connectivity index (χ4v) is 2.90. The van der Waals surface area contributed by atoms with Crippen molar-refractivity contribution in [1.29, 1.82) is 0 Å². The summed E-state index contributed by atoms with van der Waals surface area (Å²) in [6.07, 6.45) is -4.58. The van der Waals surface area contributed by atoms with E-state index in [1.165, 1.54) is 6.07 Å². The number of aromatic nitrogens is 2. The van der Waals surface area contributed by atoms with Crippen LogP contribution >= 0.6 is 23.4 Å². The van der Waals surface area contributed by atoms with E-state index in [1.807, 2.05) is 0 Å². The molecule has 0 fully saturated rings. The fraction of sp³-hybridized carbons (Fsp3) is 0.0667. The van der Waals surface area contributed by atoms with Gasteiger partial charge in [-0.25, -0.2) is 9.97 Å². The molecule has 0 aliphatic carbocycles. The first kappa shape index (κ1) is 15.1. The van der Waals surface area contributed by atoms with Gasteiger partial charge in [0.15, 0.2) is 0 Å². The summed E-state index contributed by atoms with van der Waals surface area (Å²) in [5.74, 6) is -1.14. The monoisotopic (exact) mass is 340 g/mol. The second-order valence-electron chi connectivity index (χ2n) is 4.42. The SMILES string of the molecule is FC(F)(F)c1nc(Sc2ccc(Cl)cc2)c2ccccc2n1. The third kappa shape index (κ3) is 3.18. The lowest BCUT2D eigenvalue weighted by atomic mass is 10.2. The Morgan fingerprint density at radius 2 is 1.59 bits per heavy atom. The van der Waals surface area contributed by atoms with Crippen LogP contribution in [0.3, 0.4) is 0 Å². The van der Waals surface area contributed by atoms with Gasteiger partial charge in [0.05, 0.1) is 5.52 Å². The lowest BCUT2D eigenvalue weighted by Gasteiger charge is -2.10. The van der Waals surface area contributed by atoms with Gasteiger partial charge in [-0.05, 0) is 30.3 Å². The molecule has 2 nitrogen and oxygen atoms in total. The highest BCUT2D eigenvalue weighted by molar-refractivity contribution is 7.99. The topological polar surface area (TPSA) is 25.8 Å². The molecule has 22 heavy (non-hydrogen) atoms. The van der Waals surface area contributed by atoms with E-state index in [-0.39, 0.29) is 10.5 Å². The van der Waals surface area contributed by atoms with Gasteiger partial charge in [-0.3, -0.25) is 0 Å². The van der Waals surface area contributed by atoms with Crippen molar-refractivity contribution >= 4 is 34.3 Å². The average molecular weight is 341 g/mol. The van der Waals surface area contributed by atoms with E-state index in [2.05, 4.69) is 9.97 Å². The van der Waals surface area contributed by atoms with Crippen LogP contribution in [-0.2, 0) is 6.18 Å². The van der Waals surface area contributed by atoms with Crippen LogP contribution in [0.15, 0.2) is 58.5 Å². The summed E-state index contributed by atoms with van der Waals surface area (Å²) in [7, 11) is 0. The van der Waals surface area contributed by atoms with Crippen LogP contribution in [-0.4, -0.2) is 9.97 Å². The molecule has 7 heteroatoms. The van der Waals surface area contributed by atoms with Gasteiger partial charge in [0, 0.05) is 15.3 Å². The molecule has 0 saturated heterocycles. The van der Waals surface area contributed by atoms with Gasteiger partial charge in [-0.15, -0.1) is 0 Å². The molecule has 0 N–H and O–H groups in total. The van der Waals surface area contributed by atoms with E-state index in [0.717, 1.165) is 16.7 Å². The van der Waals surface area contributed by atoms with Crippen molar-refractivity contribution in [3.63, 3.8) is 0 Å². The van der Waals surface area contributed by atoms with Crippen LogP contribution < -0.4 is 0 Å². The van der Waals surface area contributed by atoms with Crippen LogP contribution in [0.5, 0.6) is 0 Å². The Hall–Kier alpha value is -1.79. The zero-order chi connectivity index (χ0) is 15.7. The van der Waals surface area contributed by atoms with E-state index < -0.39 is 12.0 Å². The predicted molar refractivity (Wildman–Crippen MR) is 80.1 cm³/mol. The number of benzene rings is 2. The van der Waals surface area contributed by atoms with Crippen molar-refractivity contribution in [2.75, 3.05) is 0 Å². The molecule has 112 valence electrons. The summed E-state index contributed by atoms with van der Waals surface area (Å²) in [5, 5.41) is 1.41. The highest BCUT2D eigenvalue weighted by atomic mass is 35.5. The molecule has 0 aliphatic rings. The maximum absolute atomic E-state index is 12.9. The van der Waals surface area contributed by atoms with Crippen LogP contribution in [0.1, 0.15) is 5.82 Å². The zero-order valence-corrected chi connectivity index (χ0v) is 12.5. The molecular formula is C15H8ClF3N2S. The number of hydrogen-bond acceptors (Lipinski definition) is 3. The first-order valence-corrected chi connectivity index (χ1v) is 7.40. The molecule has 0 unspecified atom stereocenters. The van der Waals surface area contributed by atoms with Gasteiger partial charge in [-0.2, -0.15) is 13.2 Å².